The van der Waals surface area contributed by atoms with Crippen LogP contribution in [0.3, 0.4) is 0 Å². The fourth-order valence-electron chi connectivity index (χ4n) is 4.18. The molecule has 3 atom stereocenters. The van der Waals surface area contributed by atoms with Gasteiger partial charge in [0.1, 0.15) is 11.5 Å². The van der Waals surface area contributed by atoms with Gasteiger partial charge in [-0.2, -0.15) is 0 Å². The molecular formula is C20H23ClNO+. The minimum absolute atomic E-state index is 0.485. The smallest absolute Gasteiger partial charge is 0.132 e. The molecule has 0 saturated carbocycles. The van der Waals surface area contributed by atoms with Crippen LogP contribution in [0.4, 0.5) is 0 Å². The molecule has 0 N–H and O–H groups in total. The number of hydrogen-bond acceptors (Lipinski definition) is 1. The fraction of sp³-hybridized carbons (Fsp3) is 0.400. The van der Waals surface area contributed by atoms with Crippen molar-refractivity contribution >= 4 is 11.6 Å². The van der Waals surface area contributed by atoms with E-state index in [1.165, 1.54) is 11.1 Å². The van der Waals surface area contributed by atoms with Gasteiger partial charge in [-0.3, -0.25) is 0 Å². The summed E-state index contributed by atoms with van der Waals surface area (Å²) in [6.45, 7) is 6.96. The van der Waals surface area contributed by atoms with E-state index >= 15 is 0 Å². The van der Waals surface area contributed by atoms with Crippen LogP contribution in [0, 0.1) is 0 Å². The Morgan fingerprint density at radius 2 is 1.65 bits per heavy atom. The van der Waals surface area contributed by atoms with Crippen LogP contribution in [0.1, 0.15) is 36.8 Å². The highest BCUT2D eigenvalue weighted by Crippen LogP contribution is 2.52. The van der Waals surface area contributed by atoms with Crippen LogP contribution in [0.15, 0.2) is 42.5 Å². The standard InChI is InChI=1S/C20H23ClNO/c1-13(2)22(3)11-17-15-6-4-5-7-19(15)23-20-10-14(21)8-9-16(20)18(17)12-22/h4-10,13,17-18H,11-12H2,1-3H3/q+1. The van der Waals surface area contributed by atoms with Gasteiger partial charge >= 0.3 is 0 Å². The first-order valence-electron chi connectivity index (χ1n) is 8.38. The van der Waals surface area contributed by atoms with Gasteiger partial charge in [-0.15, -0.1) is 0 Å². The first-order valence-corrected chi connectivity index (χ1v) is 8.76. The van der Waals surface area contributed by atoms with Gasteiger partial charge < -0.3 is 9.22 Å². The molecule has 2 aliphatic rings. The Bertz CT molecular complexity index is 757. The molecule has 23 heavy (non-hydrogen) atoms. The van der Waals surface area contributed by atoms with Crippen LogP contribution in [-0.2, 0) is 0 Å². The minimum Gasteiger partial charge on any atom is -0.457 e. The van der Waals surface area contributed by atoms with Crippen molar-refractivity contribution in [1.29, 1.82) is 0 Å². The second kappa shape index (κ2) is 5.25. The summed E-state index contributed by atoms with van der Waals surface area (Å²) in [7, 11) is 2.39. The molecule has 0 spiro atoms. The van der Waals surface area contributed by atoms with Gasteiger partial charge in [-0.25, -0.2) is 0 Å². The zero-order valence-corrected chi connectivity index (χ0v) is 14.7. The molecule has 0 aliphatic carbocycles. The summed E-state index contributed by atoms with van der Waals surface area (Å²) in [5.41, 5.74) is 2.64. The number of benzene rings is 2. The van der Waals surface area contributed by atoms with Crippen LogP contribution < -0.4 is 4.74 Å². The summed E-state index contributed by atoms with van der Waals surface area (Å²) < 4.78 is 7.36. The van der Waals surface area contributed by atoms with Crippen LogP contribution in [0.2, 0.25) is 5.02 Å². The topological polar surface area (TPSA) is 9.23 Å². The lowest BCUT2D eigenvalue weighted by Gasteiger charge is -2.34. The molecule has 2 heterocycles. The normalized spacial score (nSPS) is 28.6. The van der Waals surface area contributed by atoms with Crippen molar-refractivity contribution in [2.45, 2.75) is 31.7 Å². The van der Waals surface area contributed by atoms with Gasteiger partial charge in [0.25, 0.3) is 0 Å². The van der Waals surface area contributed by atoms with E-state index in [-0.39, 0.29) is 0 Å². The van der Waals surface area contributed by atoms with Crippen molar-refractivity contribution in [2.24, 2.45) is 0 Å². The second-order valence-corrected chi connectivity index (χ2v) is 7.91. The largest absolute Gasteiger partial charge is 0.457 e. The van der Waals surface area contributed by atoms with E-state index in [9.17, 15) is 0 Å². The Kier molecular flexibility index (Phi) is 3.44. The third-order valence-electron chi connectivity index (χ3n) is 5.87. The Morgan fingerprint density at radius 1 is 1.00 bits per heavy atom. The molecule has 3 heteroatoms. The third kappa shape index (κ3) is 2.36. The average molecular weight is 329 g/mol. The fourth-order valence-corrected chi connectivity index (χ4v) is 4.34. The highest BCUT2D eigenvalue weighted by Gasteiger charge is 2.48. The highest BCUT2D eigenvalue weighted by molar-refractivity contribution is 6.30. The molecule has 0 amide bonds. The van der Waals surface area contributed by atoms with Gasteiger partial charge in [-0.1, -0.05) is 35.9 Å². The number of ether oxygens (including phenoxy) is 1. The monoisotopic (exact) mass is 328 g/mol. The molecule has 2 aromatic rings. The van der Waals surface area contributed by atoms with E-state index in [1.54, 1.807) is 0 Å². The van der Waals surface area contributed by atoms with Crippen molar-refractivity contribution in [3.8, 4) is 11.5 Å². The quantitative estimate of drug-likeness (QED) is 0.655. The summed E-state index contributed by atoms with van der Waals surface area (Å²) in [5, 5.41) is 0.735. The summed E-state index contributed by atoms with van der Waals surface area (Å²) in [5.74, 6) is 2.90. The number of rotatable bonds is 1. The maximum Gasteiger partial charge on any atom is 0.132 e. The molecule has 3 unspecified atom stereocenters. The summed E-state index contributed by atoms with van der Waals surface area (Å²) in [6.07, 6.45) is 0. The molecule has 1 saturated heterocycles. The van der Waals surface area contributed by atoms with Crippen LogP contribution >= 0.6 is 11.6 Å². The molecule has 4 rings (SSSR count). The van der Waals surface area contributed by atoms with E-state index in [2.05, 4.69) is 51.2 Å². The van der Waals surface area contributed by atoms with Gasteiger partial charge in [0, 0.05) is 28.0 Å². The third-order valence-corrected chi connectivity index (χ3v) is 6.11. The van der Waals surface area contributed by atoms with Crippen molar-refractivity contribution in [3.05, 3.63) is 58.6 Å². The SMILES string of the molecule is CC(C)[N+]1(C)CC2c3ccccc3Oc3cc(Cl)ccc3C2C1. The van der Waals surface area contributed by atoms with Crippen LogP contribution in [0.5, 0.6) is 11.5 Å². The predicted molar refractivity (Wildman–Crippen MR) is 94.5 cm³/mol. The zero-order valence-electron chi connectivity index (χ0n) is 13.9. The second-order valence-electron chi connectivity index (χ2n) is 7.47. The molecule has 0 bridgehead atoms. The van der Waals surface area contributed by atoms with Crippen molar-refractivity contribution < 1.29 is 9.22 Å². The number of hydrogen-bond donors (Lipinski definition) is 0. The summed E-state index contributed by atoms with van der Waals surface area (Å²) >= 11 is 6.22. The van der Waals surface area contributed by atoms with Crippen molar-refractivity contribution in [2.75, 3.05) is 20.1 Å². The number of likely N-dealkylation sites (N-methyl/N-ethyl adjacent to an activating group) is 1. The van der Waals surface area contributed by atoms with Crippen molar-refractivity contribution in [1.82, 2.24) is 0 Å². The number of likely N-dealkylation sites (tertiary alicyclic amines) is 1. The molecule has 0 aromatic heterocycles. The van der Waals surface area contributed by atoms with E-state index in [0.29, 0.717) is 17.9 Å². The molecule has 2 aromatic carbocycles. The highest BCUT2D eigenvalue weighted by atomic mass is 35.5. The predicted octanol–water partition coefficient (Wildman–Crippen LogP) is 5.18. The first-order chi connectivity index (χ1) is 11.0. The van der Waals surface area contributed by atoms with Crippen LogP contribution in [0.25, 0.3) is 0 Å². The lowest BCUT2D eigenvalue weighted by molar-refractivity contribution is -0.919. The van der Waals surface area contributed by atoms with Crippen molar-refractivity contribution in [3.63, 3.8) is 0 Å². The van der Waals surface area contributed by atoms with E-state index in [0.717, 1.165) is 34.1 Å². The molecule has 1 fully saturated rings. The summed E-state index contributed by atoms with van der Waals surface area (Å²) in [4.78, 5) is 0. The molecule has 120 valence electrons. The summed E-state index contributed by atoms with van der Waals surface area (Å²) in [6, 6.07) is 15.2. The maximum atomic E-state index is 6.26. The van der Waals surface area contributed by atoms with Crippen LogP contribution in [-0.4, -0.2) is 30.7 Å². The number of quaternary nitrogens is 1. The Hall–Kier alpha value is -1.51. The molecule has 0 radical (unpaired) electrons. The maximum absolute atomic E-state index is 6.26. The lowest BCUT2D eigenvalue weighted by Crippen LogP contribution is -2.47. The van der Waals surface area contributed by atoms with Gasteiger partial charge in [0.2, 0.25) is 0 Å². The first kappa shape index (κ1) is 15.0. The Balaban J connectivity index is 1.90. The number of halogens is 1. The number of nitrogens with zero attached hydrogens (tertiary/aromatic N) is 1. The Labute approximate surface area is 143 Å². The molecule has 2 nitrogen and oxygen atoms in total. The zero-order chi connectivity index (χ0) is 16.2. The van der Waals surface area contributed by atoms with E-state index in [1.807, 2.05) is 12.1 Å². The average Bonchev–Trinajstić information content (AvgIpc) is 2.82. The van der Waals surface area contributed by atoms with E-state index < -0.39 is 0 Å². The van der Waals surface area contributed by atoms with E-state index in [4.69, 9.17) is 16.3 Å². The molecular weight excluding hydrogens is 306 g/mol. The minimum atomic E-state index is 0.485. The lowest BCUT2D eigenvalue weighted by atomic mass is 9.84. The molecule has 2 aliphatic heterocycles. The number of fused-ring (bicyclic) bond motifs is 5. The van der Waals surface area contributed by atoms with Gasteiger partial charge in [0.15, 0.2) is 0 Å². The van der Waals surface area contributed by atoms with Gasteiger partial charge in [0.05, 0.1) is 26.2 Å². The number of para-hydroxylation sites is 1. The van der Waals surface area contributed by atoms with Gasteiger partial charge in [-0.05, 0) is 32.0 Å². The Morgan fingerprint density at radius 3 is 2.35 bits per heavy atom.